The molecule has 1 aliphatic rings. The molecule has 0 radical (unpaired) electrons. The van der Waals surface area contributed by atoms with Crippen molar-refractivity contribution in [3.8, 4) is 0 Å². The van der Waals surface area contributed by atoms with Crippen LogP contribution in [-0.2, 0) is 9.53 Å². The second-order valence-electron chi connectivity index (χ2n) is 6.83. The fourth-order valence-corrected chi connectivity index (χ4v) is 2.76. The van der Waals surface area contributed by atoms with Crippen LogP contribution in [0, 0.1) is 6.92 Å². The Morgan fingerprint density at radius 2 is 2.00 bits per heavy atom. The Hall–Kier alpha value is -2.04. The number of benzene rings is 1. The van der Waals surface area contributed by atoms with Crippen LogP contribution < -0.4 is 0 Å². The number of carbonyl (C=O) groups excluding carboxylic acids is 1. The minimum absolute atomic E-state index is 0.0218. The van der Waals surface area contributed by atoms with E-state index < -0.39 is 23.7 Å². The first kappa shape index (κ1) is 16.3. The van der Waals surface area contributed by atoms with Gasteiger partial charge in [0.15, 0.2) is 0 Å². The molecule has 120 valence electrons. The summed E-state index contributed by atoms with van der Waals surface area (Å²) in [6, 6.07) is 7.15. The number of likely N-dealkylation sites (tertiary alicyclic amines) is 1. The molecule has 0 unspecified atom stereocenters. The number of nitrogens with zero attached hydrogens (tertiary/aromatic N) is 1. The van der Waals surface area contributed by atoms with Crippen LogP contribution >= 0.6 is 0 Å². The van der Waals surface area contributed by atoms with Crippen molar-refractivity contribution in [1.29, 1.82) is 0 Å². The molecule has 0 aliphatic carbocycles. The van der Waals surface area contributed by atoms with Crippen molar-refractivity contribution in [2.24, 2.45) is 0 Å². The molecule has 1 heterocycles. The highest BCUT2D eigenvalue weighted by molar-refractivity contribution is 5.81. The number of rotatable bonds is 2. The molecule has 1 aromatic carbocycles. The molecule has 1 aromatic rings. The van der Waals surface area contributed by atoms with Gasteiger partial charge in [-0.1, -0.05) is 29.8 Å². The van der Waals surface area contributed by atoms with Crippen molar-refractivity contribution in [1.82, 2.24) is 4.90 Å². The molecule has 2 atom stereocenters. The van der Waals surface area contributed by atoms with Crippen LogP contribution in [0.3, 0.4) is 0 Å². The Kier molecular flexibility index (Phi) is 4.44. The van der Waals surface area contributed by atoms with Crippen LogP contribution in [0.15, 0.2) is 24.3 Å². The number of aryl methyl sites for hydroxylation is 1. The summed E-state index contributed by atoms with van der Waals surface area (Å²) in [5.41, 5.74) is 1.55. The lowest BCUT2D eigenvalue weighted by Crippen LogP contribution is -2.43. The topological polar surface area (TPSA) is 66.8 Å². The molecular formula is C17H23NO4. The van der Waals surface area contributed by atoms with Gasteiger partial charge in [0.05, 0.1) is 0 Å². The number of amides is 1. The number of carboxylic acid groups (broad SMARTS) is 1. The largest absolute Gasteiger partial charge is 0.480 e. The number of hydrogen-bond donors (Lipinski definition) is 1. The molecule has 0 bridgehead atoms. The van der Waals surface area contributed by atoms with Gasteiger partial charge in [0.25, 0.3) is 0 Å². The summed E-state index contributed by atoms with van der Waals surface area (Å²) < 4.78 is 5.33. The van der Waals surface area contributed by atoms with E-state index in [1.807, 2.05) is 31.2 Å². The first-order valence-corrected chi connectivity index (χ1v) is 7.46. The normalized spacial score (nSPS) is 21.7. The Morgan fingerprint density at radius 1 is 1.32 bits per heavy atom. The number of hydrogen-bond acceptors (Lipinski definition) is 3. The van der Waals surface area contributed by atoms with Gasteiger partial charge >= 0.3 is 12.1 Å². The van der Waals surface area contributed by atoms with Crippen LogP contribution in [-0.4, -0.2) is 40.3 Å². The van der Waals surface area contributed by atoms with E-state index in [4.69, 9.17) is 4.74 Å². The maximum Gasteiger partial charge on any atom is 0.411 e. The number of carboxylic acids is 1. The Balaban J connectivity index is 2.19. The third kappa shape index (κ3) is 3.78. The molecule has 1 fully saturated rings. The number of ether oxygens (including phenoxy) is 1. The summed E-state index contributed by atoms with van der Waals surface area (Å²) in [6.07, 6.45) is -0.145. The van der Waals surface area contributed by atoms with E-state index in [0.717, 1.165) is 11.1 Å². The third-order valence-electron chi connectivity index (χ3n) is 3.73. The van der Waals surface area contributed by atoms with Crippen LogP contribution in [0.5, 0.6) is 0 Å². The van der Waals surface area contributed by atoms with Gasteiger partial charge < -0.3 is 9.84 Å². The quantitative estimate of drug-likeness (QED) is 0.911. The SMILES string of the molecule is Cc1cccc([C@@H]2C[C@@H](C(=O)O)N(C(=O)OC(C)(C)C)C2)c1. The van der Waals surface area contributed by atoms with E-state index in [0.29, 0.717) is 13.0 Å². The molecule has 22 heavy (non-hydrogen) atoms. The summed E-state index contributed by atoms with van der Waals surface area (Å²) in [7, 11) is 0. The monoisotopic (exact) mass is 305 g/mol. The summed E-state index contributed by atoms with van der Waals surface area (Å²) in [6.45, 7) is 7.69. The van der Waals surface area contributed by atoms with Gasteiger partial charge in [-0.3, -0.25) is 4.90 Å². The lowest BCUT2D eigenvalue weighted by atomic mass is 9.95. The minimum atomic E-state index is -0.985. The van der Waals surface area contributed by atoms with Gasteiger partial charge in [0.1, 0.15) is 11.6 Å². The summed E-state index contributed by atoms with van der Waals surface area (Å²) in [5.74, 6) is -0.963. The zero-order valence-corrected chi connectivity index (χ0v) is 13.5. The summed E-state index contributed by atoms with van der Waals surface area (Å²) in [5, 5.41) is 9.40. The van der Waals surface area contributed by atoms with Gasteiger partial charge in [0.2, 0.25) is 0 Å². The summed E-state index contributed by atoms with van der Waals surface area (Å²) in [4.78, 5) is 25.1. The van der Waals surface area contributed by atoms with Gasteiger partial charge in [-0.2, -0.15) is 0 Å². The van der Waals surface area contributed by atoms with Crippen LogP contribution in [0.25, 0.3) is 0 Å². The Morgan fingerprint density at radius 3 is 2.55 bits per heavy atom. The van der Waals surface area contributed by atoms with Crippen LogP contribution in [0.4, 0.5) is 4.79 Å². The van der Waals surface area contributed by atoms with Crippen LogP contribution in [0.1, 0.15) is 44.2 Å². The Labute approximate surface area is 130 Å². The highest BCUT2D eigenvalue weighted by atomic mass is 16.6. The molecule has 0 saturated carbocycles. The van der Waals surface area contributed by atoms with Crippen molar-refractivity contribution in [2.45, 2.75) is 51.7 Å². The van der Waals surface area contributed by atoms with E-state index in [9.17, 15) is 14.7 Å². The Bertz CT molecular complexity index is 576. The third-order valence-corrected chi connectivity index (χ3v) is 3.73. The minimum Gasteiger partial charge on any atom is -0.480 e. The highest BCUT2D eigenvalue weighted by Crippen LogP contribution is 2.33. The summed E-state index contributed by atoms with van der Waals surface area (Å²) >= 11 is 0. The maximum absolute atomic E-state index is 12.3. The second-order valence-corrected chi connectivity index (χ2v) is 6.83. The van der Waals surface area contributed by atoms with Gasteiger partial charge in [-0.15, -0.1) is 0 Å². The van der Waals surface area contributed by atoms with Crippen molar-refractivity contribution in [2.75, 3.05) is 6.54 Å². The predicted octanol–water partition coefficient (Wildman–Crippen LogP) is 3.17. The first-order chi connectivity index (χ1) is 10.2. The van der Waals surface area contributed by atoms with E-state index >= 15 is 0 Å². The van der Waals surface area contributed by atoms with Crippen molar-refractivity contribution in [3.05, 3.63) is 35.4 Å². The molecule has 1 aliphatic heterocycles. The van der Waals surface area contributed by atoms with Crippen LogP contribution in [0.2, 0.25) is 0 Å². The molecular weight excluding hydrogens is 282 g/mol. The van der Waals surface area contributed by atoms with Crippen molar-refractivity contribution in [3.63, 3.8) is 0 Å². The molecule has 1 saturated heterocycles. The number of aliphatic carboxylic acids is 1. The van der Waals surface area contributed by atoms with Gasteiger partial charge in [-0.25, -0.2) is 9.59 Å². The molecule has 5 heteroatoms. The predicted molar refractivity (Wildman–Crippen MR) is 82.9 cm³/mol. The molecule has 5 nitrogen and oxygen atoms in total. The van der Waals surface area contributed by atoms with Crippen molar-refractivity contribution < 1.29 is 19.4 Å². The zero-order chi connectivity index (χ0) is 16.5. The average Bonchev–Trinajstić information content (AvgIpc) is 2.82. The lowest BCUT2D eigenvalue weighted by molar-refractivity contribution is -0.142. The van der Waals surface area contributed by atoms with E-state index in [1.54, 1.807) is 20.8 Å². The highest BCUT2D eigenvalue weighted by Gasteiger charge is 2.41. The average molecular weight is 305 g/mol. The van der Waals surface area contributed by atoms with Crippen molar-refractivity contribution >= 4 is 12.1 Å². The van der Waals surface area contributed by atoms with E-state index in [1.165, 1.54) is 4.90 Å². The van der Waals surface area contributed by atoms with Gasteiger partial charge in [0, 0.05) is 12.5 Å². The first-order valence-electron chi connectivity index (χ1n) is 7.46. The van der Waals surface area contributed by atoms with E-state index in [-0.39, 0.29) is 5.92 Å². The molecule has 0 spiro atoms. The fraction of sp³-hybridized carbons (Fsp3) is 0.529. The molecule has 1 amide bonds. The molecule has 0 aromatic heterocycles. The standard InChI is InChI=1S/C17H23NO4/c1-11-6-5-7-12(8-11)13-9-14(15(19)20)18(10-13)16(21)22-17(2,3)4/h5-8,13-14H,9-10H2,1-4H3,(H,19,20)/t13-,14+/m1/s1. The molecule has 2 rings (SSSR count). The second kappa shape index (κ2) is 5.99. The number of carbonyl (C=O) groups is 2. The zero-order valence-electron chi connectivity index (χ0n) is 13.5. The van der Waals surface area contributed by atoms with E-state index in [2.05, 4.69) is 0 Å². The lowest BCUT2D eigenvalue weighted by Gasteiger charge is -2.26. The fourth-order valence-electron chi connectivity index (χ4n) is 2.76. The molecule has 1 N–H and O–H groups in total. The smallest absolute Gasteiger partial charge is 0.411 e. The van der Waals surface area contributed by atoms with Gasteiger partial charge in [-0.05, 0) is 39.7 Å². The maximum atomic E-state index is 12.3.